The zero-order valence-electron chi connectivity index (χ0n) is 8.52. The molecule has 3 nitrogen and oxygen atoms in total. The molecule has 0 saturated heterocycles. The van der Waals surface area contributed by atoms with Gasteiger partial charge in [0.2, 0.25) is 0 Å². The molecule has 16 heavy (non-hydrogen) atoms. The fraction of sp³-hybridized carbons (Fsp3) is 0.300. The second-order valence-corrected chi connectivity index (χ2v) is 5.33. The summed E-state index contributed by atoms with van der Waals surface area (Å²) in [6.45, 7) is 2.06. The first-order chi connectivity index (χ1) is 7.70. The molecular formula is C10H9BrFN3S. The van der Waals surface area contributed by atoms with Crippen molar-refractivity contribution in [2.75, 3.05) is 0 Å². The van der Waals surface area contributed by atoms with E-state index in [4.69, 9.17) is 0 Å². The second kappa shape index (κ2) is 4.97. The molecule has 0 bridgehead atoms. The summed E-state index contributed by atoms with van der Waals surface area (Å²) < 4.78 is 13.0. The van der Waals surface area contributed by atoms with Crippen molar-refractivity contribution in [3.05, 3.63) is 29.3 Å². The van der Waals surface area contributed by atoms with Gasteiger partial charge in [-0.3, -0.25) is 4.98 Å². The normalized spacial score (nSPS) is 12.7. The Hall–Kier alpha value is -0.880. The number of nitrogens with zero attached hydrogens (tertiary/aromatic N) is 3. The van der Waals surface area contributed by atoms with Crippen LogP contribution in [0.25, 0.3) is 10.6 Å². The number of hydrogen-bond donors (Lipinski definition) is 0. The van der Waals surface area contributed by atoms with Gasteiger partial charge in [-0.15, -0.1) is 10.2 Å². The lowest BCUT2D eigenvalue weighted by Crippen LogP contribution is -1.85. The van der Waals surface area contributed by atoms with Gasteiger partial charge in [-0.25, -0.2) is 4.39 Å². The van der Waals surface area contributed by atoms with E-state index in [1.54, 1.807) is 6.20 Å². The second-order valence-electron chi connectivity index (χ2n) is 3.21. The number of aromatic nitrogens is 3. The molecule has 0 fully saturated rings. The maximum Gasteiger partial charge on any atom is 0.149 e. The molecule has 2 heterocycles. The van der Waals surface area contributed by atoms with Crippen molar-refractivity contribution in [3.63, 3.8) is 0 Å². The molecular weight excluding hydrogens is 293 g/mol. The minimum absolute atomic E-state index is 0.209. The van der Waals surface area contributed by atoms with Crippen LogP contribution in [0.15, 0.2) is 18.5 Å². The third-order valence-corrected chi connectivity index (χ3v) is 4.49. The molecule has 84 valence electrons. The van der Waals surface area contributed by atoms with Gasteiger partial charge in [0.05, 0.1) is 11.0 Å². The molecule has 2 aromatic heterocycles. The predicted octanol–water partition coefficient (Wildman–Crippen LogP) is 3.59. The molecule has 0 aromatic carbocycles. The zero-order valence-corrected chi connectivity index (χ0v) is 10.9. The van der Waals surface area contributed by atoms with Crippen molar-refractivity contribution in [2.24, 2.45) is 0 Å². The SMILES string of the molecule is CCC(Br)c1nnc(-c2cncc(F)c2)s1. The maximum absolute atomic E-state index is 13.0. The summed E-state index contributed by atoms with van der Waals surface area (Å²) in [6, 6.07) is 1.41. The zero-order chi connectivity index (χ0) is 11.5. The van der Waals surface area contributed by atoms with Crippen molar-refractivity contribution in [1.82, 2.24) is 15.2 Å². The van der Waals surface area contributed by atoms with E-state index in [0.29, 0.717) is 10.6 Å². The standard InChI is InChI=1S/C10H9BrFN3S/c1-2-8(11)10-15-14-9(16-10)6-3-7(12)5-13-4-6/h3-5,8H,2H2,1H3. The average molecular weight is 302 g/mol. The van der Waals surface area contributed by atoms with Gasteiger partial charge in [-0.05, 0) is 12.5 Å². The summed E-state index contributed by atoms with van der Waals surface area (Å²) >= 11 is 4.96. The smallest absolute Gasteiger partial charge is 0.149 e. The van der Waals surface area contributed by atoms with E-state index < -0.39 is 0 Å². The highest BCUT2D eigenvalue weighted by Gasteiger charge is 2.13. The Bertz CT molecular complexity index is 488. The number of halogens is 2. The highest BCUT2D eigenvalue weighted by molar-refractivity contribution is 9.09. The van der Waals surface area contributed by atoms with Crippen LogP contribution in [-0.4, -0.2) is 15.2 Å². The lowest BCUT2D eigenvalue weighted by Gasteiger charge is -1.98. The Morgan fingerprint density at radius 3 is 2.94 bits per heavy atom. The highest BCUT2D eigenvalue weighted by atomic mass is 79.9. The number of alkyl halides is 1. The first-order valence-corrected chi connectivity index (χ1v) is 6.52. The number of pyridine rings is 1. The number of hydrogen-bond acceptors (Lipinski definition) is 4. The van der Waals surface area contributed by atoms with Gasteiger partial charge in [-0.2, -0.15) is 0 Å². The highest BCUT2D eigenvalue weighted by Crippen LogP contribution is 2.32. The van der Waals surface area contributed by atoms with Gasteiger partial charge in [0.1, 0.15) is 15.8 Å². The lowest BCUT2D eigenvalue weighted by molar-refractivity contribution is 0.622. The van der Waals surface area contributed by atoms with Crippen LogP contribution in [0, 0.1) is 5.82 Å². The Kier molecular flexibility index (Phi) is 3.60. The fourth-order valence-corrected chi connectivity index (χ4v) is 2.44. The third kappa shape index (κ3) is 2.44. The summed E-state index contributed by atoms with van der Waals surface area (Å²) in [5.74, 6) is -0.361. The van der Waals surface area contributed by atoms with E-state index in [9.17, 15) is 4.39 Å². The molecule has 0 aliphatic rings. The molecule has 0 radical (unpaired) electrons. The summed E-state index contributed by atoms with van der Waals surface area (Å²) in [4.78, 5) is 4.00. The van der Waals surface area contributed by atoms with Gasteiger partial charge in [-0.1, -0.05) is 34.2 Å². The molecule has 0 saturated carbocycles. The van der Waals surface area contributed by atoms with Gasteiger partial charge in [0.15, 0.2) is 0 Å². The summed E-state index contributed by atoms with van der Waals surface area (Å²) in [7, 11) is 0. The van der Waals surface area contributed by atoms with Gasteiger partial charge < -0.3 is 0 Å². The summed E-state index contributed by atoms with van der Waals surface area (Å²) in [5, 5.41) is 9.69. The summed E-state index contributed by atoms with van der Waals surface area (Å²) in [5.41, 5.74) is 0.666. The number of rotatable bonds is 3. The van der Waals surface area contributed by atoms with E-state index in [0.717, 1.165) is 11.4 Å². The first-order valence-electron chi connectivity index (χ1n) is 4.79. The van der Waals surface area contributed by atoms with Crippen LogP contribution in [0.1, 0.15) is 23.2 Å². The minimum atomic E-state index is -0.361. The van der Waals surface area contributed by atoms with E-state index in [2.05, 4.69) is 38.0 Å². The summed E-state index contributed by atoms with van der Waals surface area (Å²) in [6.07, 6.45) is 3.70. The van der Waals surface area contributed by atoms with Crippen LogP contribution in [0.2, 0.25) is 0 Å². The molecule has 0 aliphatic heterocycles. The van der Waals surface area contributed by atoms with E-state index >= 15 is 0 Å². The Morgan fingerprint density at radius 1 is 1.44 bits per heavy atom. The molecule has 0 N–H and O–H groups in total. The average Bonchev–Trinajstić information content (AvgIpc) is 2.77. The van der Waals surface area contributed by atoms with Crippen molar-refractivity contribution in [3.8, 4) is 10.6 Å². The van der Waals surface area contributed by atoms with Gasteiger partial charge in [0.25, 0.3) is 0 Å². The first kappa shape index (κ1) is 11.6. The quantitative estimate of drug-likeness (QED) is 0.813. The van der Waals surface area contributed by atoms with E-state index in [-0.39, 0.29) is 10.6 Å². The van der Waals surface area contributed by atoms with Crippen LogP contribution in [0.4, 0.5) is 4.39 Å². The fourth-order valence-electron chi connectivity index (χ4n) is 1.18. The Balaban J connectivity index is 2.31. The third-order valence-electron chi connectivity index (χ3n) is 2.02. The van der Waals surface area contributed by atoms with Crippen molar-refractivity contribution >= 4 is 27.3 Å². The van der Waals surface area contributed by atoms with Crippen LogP contribution < -0.4 is 0 Å². The molecule has 1 unspecified atom stereocenters. The van der Waals surface area contributed by atoms with Gasteiger partial charge >= 0.3 is 0 Å². The molecule has 2 aromatic rings. The Morgan fingerprint density at radius 2 is 2.25 bits per heavy atom. The monoisotopic (exact) mass is 301 g/mol. The van der Waals surface area contributed by atoms with Crippen molar-refractivity contribution < 1.29 is 4.39 Å². The van der Waals surface area contributed by atoms with Crippen LogP contribution in [0.5, 0.6) is 0 Å². The predicted molar refractivity (Wildman–Crippen MR) is 65.1 cm³/mol. The molecule has 0 amide bonds. The Labute approximate surface area is 105 Å². The van der Waals surface area contributed by atoms with Crippen LogP contribution in [0.3, 0.4) is 0 Å². The molecule has 1 atom stereocenters. The lowest BCUT2D eigenvalue weighted by atomic mass is 10.3. The van der Waals surface area contributed by atoms with Crippen LogP contribution >= 0.6 is 27.3 Å². The molecule has 2 rings (SSSR count). The van der Waals surface area contributed by atoms with E-state index in [1.807, 2.05) is 0 Å². The molecule has 0 aliphatic carbocycles. The molecule has 0 spiro atoms. The van der Waals surface area contributed by atoms with Crippen LogP contribution in [-0.2, 0) is 0 Å². The van der Waals surface area contributed by atoms with Crippen molar-refractivity contribution in [2.45, 2.75) is 18.2 Å². The van der Waals surface area contributed by atoms with Gasteiger partial charge in [0, 0.05) is 11.8 Å². The largest absolute Gasteiger partial charge is 0.261 e. The molecule has 6 heteroatoms. The minimum Gasteiger partial charge on any atom is -0.261 e. The maximum atomic E-state index is 13.0. The van der Waals surface area contributed by atoms with E-state index in [1.165, 1.54) is 23.6 Å². The van der Waals surface area contributed by atoms with Crippen molar-refractivity contribution in [1.29, 1.82) is 0 Å². The topological polar surface area (TPSA) is 38.7 Å².